The average Bonchev–Trinajstić information content (AvgIpc) is 2.39. The van der Waals surface area contributed by atoms with E-state index < -0.39 is 5.97 Å². The van der Waals surface area contributed by atoms with Crippen molar-refractivity contribution in [2.24, 2.45) is 0 Å². The van der Waals surface area contributed by atoms with E-state index in [0.29, 0.717) is 13.0 Å². The van der Waals surface area contributed by atoms with Crippen molar-refractivity contribution in [1.82, 2.24) is 15.2 Å². The first-order valence-corrected chi connectivity index (χ1v) is 6.14. The van der Waals surface area contributed by atoms with Crippen molar-refractivity contribution < 1.29 is 14.7 Å². The van der Waals surface area contributed by atoms with Crippen molar-refractivity contribution in [2.75, 3.05) is 13.6 Å². The van der Waals surface area contributed by atoms with E-state index in [1.165, 1.54) is 4.90 Å². The molecule has 6 heteroatoms. The molecule has 0 radical (unpaired) electrons. The molecule has 6 nitrogen and oxygen atoms in total. The molecule has 19 heavy (non-hydrogen) atoms. The summed E-state index contributed by atoms with van der Waals surface area (Å²) in [5, 5.41) is 11.4. The van der Waals surface area contributed by atoms with Gasteiger partial charge in [0.15, 0.2) is 0 Å². The number of carboxylic acid groups (broad SMARTS) is 1. The van der Waals surface area contributed by atoms with Gasteiger partial charge in [0.2, 0.25) is 0 Å². The van der Waals surface area contributed by atoms with Gasteiger partial charge in [0, 0.05) is 32.4 Å². The second kappa shape index (κ2) is 7.35. The summed E-state index contributed by atoms with van der Waals surface area (Å²) in [5.41, 5.74) is 0.974. The third kappa shape index (κ3) is 5.37. The van der Waals surface area contributed by atoms with Gasteiger partial charge in [-0.15, -0.1) is 0 Å². The summed E-state index contributed by atoms with van der Waals surface area (Å²) in [6.07, 6.45) is 3.86. The van der Waals surface area contributed by atoms with Gasteiger partial charge < -0.3 is 15.3 Å². The molecule has 104 valence electrons. The Morgan fingerprint density at radius 2 is 2.05 bits per heavy atom. The van der Waals surface area contributed by atoms with E-state index in [2.05, 4.69) is 10.3 Å². The number of pyridine rings is 1. The first-order chi connectivity index (χ1) is 9.00. The second-order valence-corrected chi connectivity index (χ2v) is 4.37. The molecule has 0 saturated carbocycles. The molecule has 1 aromatic rings. The number of carbonyl (C=O) groups excluding carboxylic acids is 1. The van der Waals surface area contributed by atoms with Crippen LogP contribution in [0.25, 0.3) is 0 Å². The summed E-state index contributed by atoms with van der Waals surface area (Å²) in [6.45, 7) is 2.31. The van der Waals surface area contributed by atoms with Crippen LogP contribution in [0.3, 0.4) is 0 Å². The van der Waals surface area contributed by atoms with E-state index in [9.17, 15) is 9.59 Å². The second-order valence-electron chi connectivity index (χ2n) is 4.37. The minimum Gasteiger partial charge on any atom is -0.481 e. The Morgan fingerprint density at radius 1 is 1.42 bits per heavy atom. The first-order valence-electron chi connectivity index (χ1n) is 6.14. The topological polar surface area (TPSA) is 82.5 Å². The van der Waals surface area contributed by atoms with Crippen molar-refractivity contribution in [3.63, 3.8) is 0 Å². The van der Waals surface area contributed by atoms with Crippen LogP contribution in [0.4, 0.5) is 4.79 Å². The molecule has 0 spiro atoms. The number of hydrogen-bond donors (Lipinski definition) is 2. The number of carbonyl (C=O) groups is 2. The van der Waals surface area contributed by atoms with E-state index in [0.717, 1.165) is 5.56 Å². The van der Waals surface area contributed by atoms with Gasteiger partial charge in [0.1, 0.15) is 0 Å². The maximum atomic E-state index is 11.9. The molecule has 2 N–H and O–H groups in total. The lowest BCUT2D eigenvalue weighted by Gasteiger charge is -2.21. The molecule has 0 saturated heterocycles. The standard InChI is InChI=1S/C13H19N3O3/c1-10(11-5-7-14-8-6-11)15-13(19)16(2)9-3-4-12(17)18/h5-8,10H,3-4,9H2,1-2H3,(H,15,19)(H,17,18). The summed E-state index contributed by atoms with van der Waals surface area (Å²) in [7, 11) is 1.65. The monoisotopic (exact) mass is 265 g/mol. The summed E-state index contributed by atoms with van der Waals surface area (Å²) < 4.78 is 0. The van der Waals surface area contributed by atoms with E-state index in [4.69, 9.17) is 5.11 Å². The van der Waals surface area contributed by atoms with Gasteiger partial charge in [-0.05, 0) is 31.0 Å². The minimum atomic E-state index is -0.848. The SMILES string of the molecule is CC(NC(=O)N(C)CCCC(=O)O)c1ccncc1. The number of urea groups is 1. The Labute approximate surface area is 112 Å². The highest BCUT2D eigenvalue weighted by molar-refractivity contribution is 5.74. The molecule has 1 rings (SSSR count). The van der Waals surface area contributed by atoms with Crippen LogP contribution >= 0.6 is 0 Å². The fourth-order valence-electron chi connectivity index (χ4n) is 1.60. The maximum Gasteiger partial charge on any atom is 0.317 e. The van der Waals surface area contributed by atoms with Crippen molar-refractivity contribution in [3.05, 3.63) is 30.1 Å². The predicted molar refractivity (Wildman–Crippen MR) is 70.7 cm³/mol. The van der Waals surface area contributed by atoms with E-state index in [-0.39, 0.29) is 18.5 Å². The fourth-order valence-corrected chi connectivity index (χ4v) is 1.60. The van der Waals surface area contributed by atoms with Crippen LogP contribution < -0.4 is 5.32 Å². The van der Waals surface area contributed by atoms with Gasteiger partial charge in [-0.1, -0.05) is 0 Å². The Morgan fingerprint density at radius 3 is 2.63 bits per heavy atom. The van der Waals surface area contributed by atoms with Crippen molar-refractivity contribution in [3.8, 4) is 0 Å². The molecule has 1 heterocycles. The van der Waals surface area contributed by atoms with Crippen LogP contribution in [-0.2, 0) is 4.79 Å². The summed E-state index contributed by atoms with van der Waals surface area (Å²) >= 11 is 0. The molecule has 1 unspecified atom stereocenters. The molecule has 0 aliphatic heterocycles. The smallest absolute Gasteiger partial charge is 0.317 e. The largest absolute Gasteiger partial charge is 0.481 e. The highest BCUT2D eigenvalue weighted by Crippen LogP contribution is 2.10. The average molecular weight is 265 g/mol. The normalized spacial score (nSPS) is 11.7. The summed E-state index contributed by atoms with van der Waals surface area (Å²) in [5.74, 6) is -0.848. The van der Waals surface area contributed by atoms with Gasteiger partial charge in [-0.25, -0.2) is 4.79 Å². The highest BCUT2D eigenvalue weighted by Gasteiger charge is 2.13. The molecular formula is C13H19N3O3. The number of nitrogens with zero attached hydrogens (tertiary/aromatic N) is 2. The maximum absolute atomic E-state index is 11.9. The van der Waals surface area contributed by atoms with Crippen LogP contribution in [-0.4, -0.2) is 40.6 Å². The van der Waals surface area contributed by atoms with E-state index >= 15 is 0 Å². The van der Waals surface area contributed by atoms with Crippen molar-refractivity contribution in [2.45, 2.75) is 25.8 Å². The number of nitrogens with one attached hydrogen (secondary N) is 1. The van der Waals surface area contributed by atoms with Gasteiger partial charge in [-0.3, -0.25) is 9.78 Å². The minimum absolute atomic E-state index is 0.0670. The zero-order chi connectivity index (χ0) is 14.3. The number of hydrogen-bond acceptors (Lipinski definition) is 3. The third-order valence-electron chi connectivity index (χ3n) is 2.78. The zero-order valence-electron chi connectivity index (χ0n) is 11.2. The Balaban J connectivity index is 2.39. The number of aromatic nitrogens is 1. The predicted octanol–water partition coefficient (Wildman–Crippen LogP) is 1.65. The highest BCUT2D eigenvalue weighted by atomic mass is 16.4. The molecule has 0 aliphatic rings. The van der Waals surface area contributed by atoms with Crippen LogP contribution in [0.1, 0.15) is 31.4 Å². The zero-order valence-corrected chi connectivity index (χ0v) is 11.2. The van der Waals surface area contributed by atoms with Crippen LogP contribution in [0, 0.1) is 0 Å². The van der Waals surface area contributed by atoms with Crippen LogP contribution in [0.2, 0.25) is 0 Å². The number of aliphatic carboxylic acids is 1. The molecule has 0 aromatic carbocycles. The van der Waals surface area contributed by atoms with Gasteiger partial charge >= 0.3 is 12.0 Å². The lowest BCUT2D eigenvalue weighted by atomic mass is 10.1. The Bertz CT molecular complexity index is 422. The molecule has 1 aromatic heterocycles. The van der Waals surface area contributed by atoms with Gasteiger partial charge in [0.05, 0.1) is 6.04 Å². The Kier molecular flexibility index (Phi) is 5.78. The van der Waals surface area contributed by atoms with E-state index in [1.54, 1.807) is 19.4 Å². The Hall–Kier alpha value is -2.11. The molecule has 0 bridgehead atoms. The van der Waals surface area contributed by atoms with Crippen molar-refractivity contribution >= 4 is 12.0 Å². The lowest BCUT2D eigenvalue weighted by molar-refractivity contribution is -0.137. The molecular weight excluding hydrogens is 246 g/mol. The first kappa shape index (κ1) is 14.9. The summed E-state index contributed by atoms with van der Waals surface area (Å²) in [6, 6.07) is 3.36. The lowest BCUT2D eigenvalue weighted by Crippen LogP contribution is -2.39. The number of carboxylic acids is 1. The van der Waals surface area contributed by atoms with E-state index in [1.807, 2.05) is 19.1 Å². The quantitative estimate of drug-likeness (QED) is 0.819. The molecule has 2 amide bonds. The van der Waals surface area contributed by atoms with Gasteiger partial charge in [0.25, 0.3) is 0 Å². The van der Waals surface area contributed by atoms with Crippen LogP contribution in [0.15, 0.2) is 24.5 Å². The van der Waals surface area contributed by atoms with Gasteiger partial charge in [-0.2, -0.15) is 0 Å². The third-order valence-corrected chi connectivity index (χ3v) is 2.78. The molecule has 0 aliphatic carbocycles. The molecule has 1 atom stereocenters. The molecule has 0 fully saturated rings. The fraction of sp³-hybridized carbons (Fsp3) is 0.462. The van der Waals surface area contributed by atoms with Crippen molar-refractivity contribution in [1.29, 1.82) is 0 Å². The number of rotatable bonds is 6. The number of amides is 2. The summed E-state index contributed by atoms with van der Waals surface area (Å²) in [4.78, 5) is 27.6. The van der Waals surface area contributed by atoms with Crippen LogP contribution in [0.5, 0.6) is 0 Å².